The predicted octanol–water partition coefficient (Wildman–Crippen LogP) is 3.61. The molecule has 0 aliphatic carbocycles. The van der Waals surface area contributed by atoms with Crippen molar-refractivity contribution in [1.82, 2.24) is 4.57 Å². The van der Waals surface area contributed by atoms with Crippen molar-refractivity contribution in [2.24, 2.45) is 0 Å². The van der Waals surface area contributed by atoms with Crippen LogP contribution >= 0.6 is 11.9 Å². The maximum absolute atomic E-state index is 2.44. The van der Waals surface area contributed by atoms with Crippen LogP contribution in [0.3, 0.4) is 0 Å². The monoisotopic (exact) mass is 246 g/mol. The fourth-order valence-electron chi connectivity index (χ4n) is 2.86. The van der Waals surface area contributed by atoms with E-state index >= 15 is 0 Å². The summed E-state index contributed by atoms with van der Waals surface area (Å²) in [6.07, 6.45) is 5.51. The second-order valence-corrected chi connectivity index (χ2v) is 5.40. The van der Waals surface area contributed by atoms with Crippen molar-refractivity contribution in [3.05, 3.63) is 29.5 Å². The lowest BCUT2D eigenvalue weighted by Gasteiger charge is -2.30. The normalized spacial score (nSPS) is 14.6. The first-order chi connectivity index (χ1) is 8.26. The van der Waals surface area contributed by atoms with Crippen LogP contribution in [0.4, 0.5) is 5.69 Å². The Balaban J connectivity index is 2.38. The van der Waals surface area contributed by atoms with Gasteiger partial charge in [-0.3, -0.25) is 0 Å². The van der Waals surface area contributed by atoms with E-state index in [0.29, 0.717) is 0 Å². The highest BCUT2D eigenvalue weighted by Gasteiger charge is 2.21. The number of benzene rings is 1. The summed E-state index contributed by atoms with van der Waals surface area (Å²) in [5.74, 6) is 0. The molecular formula is C14H18N2S. The number of hydrogen-bond donors (Lipinski definition) is 0. The maximum Gasteiger partial charge on any atom is 0.0746 e. The zero-order valence-electron chi connectivity index (χ0n) is 10.7. The Morgan fingerprint density at radius 3 is 2.88 bits per heavy atom. The molecule has 0 saturated carbocycles. The minimum absolute atomic E-state index is 1.10. The molecular weight excluding hydrogens is 228 g/mol. The van der Waals surface area contributed by atoms with E-state index in [1.54, 1.807) is 0 Å². The van der Waals surface area contributed by atoms with E-state index in [0.717, 1.165) is 19.5 Å². The smallest absolute Gasteiger partial charge is 0.0746 e. The Labute approximate surface area is 107 Å². The second kappa shape index (κ2) is 3.98. The molecule has 2 nitrogen and oxygen atoms in total. The molecule has 3 rings (SSSR count). The van der Waals surface area contributed by atoms with Crippen molar-refractivity contribution in [2.75, 3.05) is 17.1 Å². The minimum atomic E-state index is 1.10. The first-order valence-electron chi connectivity index (χ1n) is 6.19. The molecule has 0 fully saturated rings. The number of aromatic nitrogens is 1. The summed E-state index contributed by atoms with van der Waals surface area (Å²) in [5, 5.41) is 1.39. The van der Waals surface area contributed by atoms with Gasteiger partial charge in [-0.25, -0.2) is 0 Å². The van der Waals surface area contributed by atoms with Crippen molar-refractivity contribution in [2.45, 2.75) is 26.8 Å². The third kappa shape index (κ3) is 1.48. The van der Waals surface area contributed by atoms with Crippen LogP contribution in [0.2, 0.25) is 0 Å². The van der Waals surface area contributed by atoms with Crippen LogP contribution in [0, 0.1) is 6.92 Å². The summed E-state index contributed by atoms with van der Waals surface area (Å²) < 4.78 is 4.83. The quantitative estimate of drug-likeness (QED) is 0.748. The molecule has 1 aromatic heterocycles. The van der Waals surface area contributed by atoms with Gasteiger partial charge in [-0.05, 0) is 36.6 Å². The van der Waals surface area contributed by atoms with Crippen LogP contribution in [0.25, 0.3) is 10.9 Å². The molecule has 0 radical (unpaired) electrons. The standard InChI is InChI=1S/C14H18N2S/c1-4-11-9-12-5-6-15-7-8-16(17-3)13(10(11)2)14(12)15/h5-6,9H,4,7-8H2,1-3H3. The number of aryl methyl sites for hydroxylation is 1. The van der Waals surface area contributed by atoms with E-state index in [2.05, 4.69) is 47.3 Å². The molecule has 0 amide bonds. The van der Waals surface area contributed by atoms with Crippen LogP contribution in [0.5, 0.6) is 0 Å². The molecule has 0 unspecified atom stereocenters. The molecule has 2 aromatic rings. The van der Waals surface area contributed by atoms with E-state index in [-0.39, 0.29) is 0 Å². The first kappa shape index (κ1) is 11.0. The highest BCUT2D eigenvalue weighted by molar-refractivity contribution is 8.00. The predicted molar refractivity (Wildman–Crippen MR) is 76.9 cm³/mol. The summed E-state index contributed by atoms with van der Waals surface area (Å²) in [4.78, 5) is 0. The fourth-order valence-corrected chi connectivity index (χ4v) is 3.53. The van der Waals surface area contributed by atoms with Crippen molar-refractivity contribution in [3.63, 3.8) is 0 Å². The number of anilines is 1. The van der Waals surface area contributed by atoms with Gasteiger partial charge in [-0.2, -0.15) is 0 Å². The lowest BCUT2D eigenvalue weighted by atomic mass is 10.0. The van der Waals surface area contributed by atoms with Crippen molar-refractivity contribution in [1.29, 1.82) is 0 Å². The van der Waals surface area contributed by atoms with E-state index in [1.165, 1.54) is 27.7 Å². The van der Waals surface area contributed by atoms with Gasteiger partial charge in [0.1, 0.15) is 0 Å². The summed E-state index contributed by atoms with van der Waals surface area (Å²) >= 11 is 1.84. The number of hydrogen-bond acceptors (Lipinski definition) is 2. The van der Waals surface area contributed by atoms with Crippen LogP contribution in [-0.2, 0) is 13.0 Å². The van der Waals surface area contributed by atoms with Gasteiger partial charge in [-0.1, -0.05) is 18.9 Å². The second-order valence-electron chi connectivity index (χ2n) is 4.59. The maximum atomic E-state index is 2.44. The van der Waals surface area contributed by atoms with Gasteiger partial charge in [0, 0.05) is 30.9 Å². The Morgan fingerprint density at radius 1 is 1.35 bits per heavy atom. The molecule has 1 aliphatic rings. The zero-order chi connectivity index (χ0) is 12.0. The number of nitrogens with zero attached hydrogens (tertiary/aromatic N) is 2. The van der Waals surface area contributed by atoms with E-state index < -0.39 is 0 Å². The van der Waals surface area contributed by atoms with Crippen LogP contribution in [0.15, 0.2) is 18.3 Å². The summed E-state index contributed by atoms with van der Waals surface area (Å²) in [6.45, 7) is 6.71. The molecule has 0 atom stereocenters. The highest BCUT2D eigenvalue weighted by atomic mass is 32.2. The van der Waals surface area contributed by atoms with E-state index in [1.807, 2.05) is 11.9 Å². The van der Waals surface area contributed by atoms with Crippen molar-refractivity contribution < 1.29 is 0 Å². The molecule has 1 aromatic carbocycles. The summed E-state index contributed by atoms with van der Waals surface area (Å²) in [7, 11) is 0. The average Bonchev–Trinajstić information content (AvgIpc) is 2.77. The van der Waals surface area contributed by atoms with Gasteiger partial charge in [-0.15, -0.1) is 0 Å². The topological polar surface area (TPSA) is 8.17 Å². The van der Waals surface area contributed by atoms with Crippen molar-refractivity contribution in [3.8, 4) is 0 Å². The molecule has 1 aliphatic heterocycles. The molecule has 3 heteroatoms. The molecule has 90 valence electrons. The third-order valence-corrected chi connectivity index (χ3v) is 4.59. The van der Waals surface area contributed by atoms with E-state index in [4.69, 9.17) is 0 Å². The van der Waals surface area contributed by atoms with Crippen molar-refractivity contribution >= 4 is 28.5 Å². The van der Waals surface area contributed by atoms with Gasteiger partial charge in [0.25, 0.3) is 0 Å². The molecule has 0 saturated heterocycles. The van der Waals surface area contributed by atoms with Crippen LogP contribution in [0.1, 0.15) is 18.1 Å². The zero-order valence-corrected chi connectivity index (χ0v) is 11.5. The Kier molecular flexibility index (Phi) is 2.58. The Bertz CT molecular complexity index is 571. The Morgan fingerprint density at radius 2 is 2.18 bits per heavy atom. The lowest BCUT2D eigenvalue weighted by molar-refractivity contribution is 0.717. The summed E-state index contributed by atoms with van der Waals surface area (Å²) in [6, 6.07) is 4.61. The van der Waals surface area contributed by atoms with Gasteiger partial charge in [0.15, 0.2) is 0 Å². The molecule has 0 N–H and O–H groups in total. The molecule has 0 bridgehead atoms. The number of rotatable bonds is 2. The minimum Gasteiger partial charge on any atom is -0.344 e. The SMILES string of the molecule is CCc1cc2ccn3c2c(c1C)N(SC)CC3. The molecule has 2 heterocycles. The van der Waals surface area contributed by atoms with E-state index in [9.17, 15) is 0 Å². The lowest BCUT2D eigenvalue weighted by Crippen LogP contribution is -2.26. The molecule has 17 heavy (non-hydrogen) atoms. The van der Waals surface area contributed by atoms with Gasteiger partial charge >= 0.3 is 0 Å². The molecule has 0 spiro atoms. The Hall–Kier alpha value is -1.09. The third-order valence-electron chi connectivity index (χ3n) is 3.78. The van der Waals surface area contributed by atoms with Gasteiger partial charge < -0.3 is 8.87 Å². The summed E-state index contributed by atoms with van der Waals surface area (Å²) in [5.41, 5.74) is 5.78. The van der Waals surface area contributed by atoms with Gasteiger partial charge in [0.2, 0.25) is 0 Å². The highest BCUT2D eigenvalue weighted by Crippen LogP contribution is 2.38. The van der Waals surface area contributed by atoms with Crippen LogP contribution < -0.4 is 4.31 Å². The average molecular weight is 246 g/mol. The largest absolute Gasteiger partial charge is 0.344 e. The fraction of sp³-hybridized carbons (Fsp3) is 0.429. The van der Waals surface area contributed by atoms with Crippen LogP contribution in [-0.4, -0.2) is 17.4 Å². The first-order valence-corrected chi connectivity index (χ1v) is 7.37. The van der Waals surface area contributed by atoms with Gasteiger partial charge in [0.05, 0.1) is 11.2 Å².